The van der Waals surface area contributed by atoms with Gasteiger partial charge >= 0.3 is 0 Å². The third-order valence-electron chi connectivity index (χ3n) is 2.33. The van der Waals surface area contributed by atoms with Crippen LogP contribution in [0, 0.1) is 0 Å². The quantitative estimate of drug-likeness (QED) is 0.707. The Morgan fingerprint density at radius 1 is 1.31 bits per heavy atom. The van der Waals surface area contributed by atoms with Gasteiger partial charge in [-0.05, 0) is 19.5 Å². The van der Waals surface area contributed by atoms with E-state index in [9.17, 15) is 4.79 Å². The molecule has 0 aliphatic heterocycles. The molecule has 2 nitrogen and oxygen atoms in total. The van der Waals surface area contributed by atoms with Crippen molar-refractivity contribution in [2.24, 2.45) is 0 Å². The molecule has 1 aromatic carbocycles. The second-order valence-corrected chi connectivity index (χ2v) is 3.15. The summed E-state index contributed by atoms with van der Waals surface area (Å²) in [6.45, 7) is 2.01. The molecule has 0 radical (unpaired) electrons. The number of hydrogen-bond acceptors (Lipinski definition) is 2. The minimum Gasteiger partial charge on any atom is -0.316 e. The van der Waals surface area contributed by atoms with Gasteiger partial charge in [0.2, 0.25) is 0 Å². The molecule has 0 fully saturated rings. The third-order valence-corrected chi connectivity index (χ3v) is 2.33. The van der Waals surface area contributed by atoms with Gasteiger partial charge in [0.1, 0.15) is 6.29 Å². The normalized spacial score (nSPS) is 14.9. The van der Waals surface area contributed by atoms with Gasteiger partial charge in [-0.1, -0.05) is 30.3 Å². The SMILES string of the molecule is CNC(C)C(C=O)c1ccccc1. The first-order chi connectivity index (χ1) is 6.29. The predicted octanol–water partition coefficient (Wildman–Crippen LogP) is 1.58. The van der Waals surface area contributed by atoms with E-state index in [0.717, 1.165) is 11.8 Å². The molecule has 0 aliphatic carbocycles. The summed E-state index contributed by atoms with van der Waals surface area (Å²) >= 11 is 0. The zero-order valence-corrected chi connectivity index (χ0v) is 8.03. The average molecular weight is 177 g/mol. The van der Waals surface area contributed by atoms with Crippen LogP contribution in [0.15, 0.2) is 30.3 Å². The standard InChI is InChI=1S/C11H15NO/c1-9(12-2)11(8-13)10-6-4-3-5-7-10/h3-9,11-12H,1-2H3. The van der Waals surface area contributed by atoms with Crippen LogP contribution in [0.1, 0.15) is 18.4 Å². The van der Waals surface area contributed by atoms with Gasteiger partial charge in [-0.3, -0.25) is 0 Å². The van der Waals surface area contributed by atoms with Crippen LogP contribution in [0.2, 0.25) is 0 Å². The van der Waals surface area contributed by atoms with Gasteiger partial charge in [0.25, 0.3) is 0 Å². The molecule has 0 saturated carbocycles. The third kappa shape index (κ3) is 2.39. The zero-order chi connectivity index (χ0) is 9.68. The van der Waals surface area contributed by atoms with Crippen molar-refractivity contribution in [3.8, 4) is 0 Å². The van der Waals surface area contributed by atoms with E-state index in [-0.39, 0.29) is 12.0 Å². The molecule has 1 N–H and O–H groups in total. The van der Waals surface area contributed by atoms with Gasteiger partial charge in [0, 0.05) is 6.04 Å². The Morgan fingerprint density at radius 2 is 1.92 bits per heavy atom. The van der Waals surface area contributed by atoms with Crippen LogP contribution in [0.5, 0.6) is 0 Å². The lowest BCUT2D eigenvalue weighted by molar-refractivity contribution is -0.109. The number of carbonyl (C=O) groups excluding carboxylic acids is 1. The molecule has 0 aromatic heterocycles. The Labute approximate surface area is 79.0 Å². The summed E-state index contributed by atoms with van der Waals surface area (Å²) in [4.78, 5) is 10.9. The zero-order valence-electron chi connectivity index (χ0n) is 8.03. The Bertz CT molecular complexity index is 258. The summed E-state index contributed by atoms with van der Waals surface area (Å²) in [6, 6.07) is 10.00. The Balaban J connectivity index is 2.84. The highest BCUT2D eigenvalue weighted by molar-refractivity contribution is 5.63. The Morgan fingerprint density at radius 3 is 2.38 bits per heavy atom. The second kappa shape index (κ2) is 4.77. The topological polar surface area (TPSA) is 29.1 Å². The summed E-state index contributed by atoms with van der Waals surface area (Å²) in [5, 5.41) is 3.08. The molecular weight excluding hydrogens is 162 g/mol. The molecular formula is C11H15NO. The van der Waals surface area contributed by atoms with Gasteiger partial charge in [-0.15, -0.1) is 0 Å². The first-order valence-electron chi connectivity index (χ1n) is 4.47. The van der Waals surface area contributed by atoms with Gasteiger partial charge in [-0.2, -0.15) is 0 Å². The molecule has 2 unspecified atom stereocenters. The summed E-state index contributed by atoms with van der Waals surface area (Å²) in [7, 11) is 1.87. The molecule has 0 spiro atoms. The molecule has 70 valence electrons. The van der Waals surface area contributed by atoms with Crippen molar-refractivity contribution >= 4 is 6.29 Å². The number of carbonyl (C=O) groups is 1. The van der Waals surface area contributed by atoms with Gasteiger partial charge in [-0.25, -0.2) is 0 Å². The minimum absolute atomic E-state index is 0.0498. The van der Waals surface area contributed by atoms with E-state index in [4.69, 9.17) is 0 Å². The average Bonchev–Trinajstić information content (AvgIpc) is 2.20. The van der Waals surface area contributed by atoms with E-state index in [0.29, 0.717) is 0 Å². The van der Waals surface area contributed by atoms with Crippen molar-refractivity contribution in [2.45, 2.75) is 18.9 Å². The van der Waals surface area contributed by atoms with Gasteiger partial charge in [0.15, 0.2) is 0 Å². The maximum Gasteiger partial charge on any atom is 0.129 e. The fraction of sp³-hybridized carbons (Fsp3) is 0.364. The van der Waals surface area contributed by atoms with E-state index < -0.39 is 0 Å². The number of rotatable bonds is 4. The monoisotopic (exact) mass is 177 g/mol. The first kappa shape index (κ1) is 9.93. The molecule has 0 aliphatic rings. The first-order valence-corrected chi connectivity index (χ1v) is 4.47. The largest absolute Gasteiger partial charge is 0.316 e. The van der Waals surface area contributed by atoms with Crippen molar-refractivity contribution in [3.63, 3.8) is 0 Å². The second-order valence-electron chi connectivity index (χ2n) is 3.15. The van der Waals surface area contributed by atoms with Crippen molar-refractivity contribution in [2.75, 3.05) is 7.05 Å². The van der Waals surface area contributed by atoms with Gasteiger partial charge < -0.3 is 10.1 Å². The van der Waals surface area contributed by atoms with Crippen LogP contribution in [0.3, 0.4) is 0 Å². The summed E-state index contributed by atoms with van der Waals surface area (Å²) < 4.78 is 0. The maximum absolute atomic E-state index is 10.9. The molecule has 0 saturated heterocycles. The fourth-order valence-corrected chi connectivity index (χ4v) is 1.34. The lowest BCUT2D eigenvalue weighted by Crippen LogP contribution is -2.29. The molecule has 0 amide bonds. The van der Waals surface area contributed by atoms with Crippen LogP contribution < -0.4 is 5.32 Å². The van der Waals surface area contributed by atoms with Gasteiger partial charge in [0.05, 0.1) is 5.92 Å². The molecule has 0 bridgehead atoms. The summed E-state index contributed by atoms with van der Waals surface area (Å²) in [5.41, 5.74) is 1.07. The summed E-state index contributed by atoms with van der Waals surface area (Å²) in [5.74, 6) is -0.0498. The van der Waals surface area contributed by atoms with Crippen molar-refractivity contribution in [1.29, 1.82) is 0 Å². The maximum atomic E-state index is 10.9. The lowest BCUT2D eigenvalue weighted by Gasteiger charge is -2.17. The van der Waals surface area contributed by atoms with E-state index >= 15 is 0 Å². The van der Waals surface area contributed by atoms with Crippen LogP contribution in [-0.4, -0.2) is 19.4 Å². The Kier molecular flexibility index (Phi) is 3.65. The highest BCUT2D eigenvalue weighted by Crippen LogP contribution is 2.16. The van der Waals surface area contributed by atoms with Crippen molar-refractivity contribution in [3.05, 3.63) is 35.9 Å². The van der Waals surface area contributed by atoms with E-state index in [1.54, 1.807) is 0 Å². The molecule has 1 aromatic rings. The van der Waals surface area contributed by atoms with Crippen molar-refractivity contribution in [1.82, 2.24) is 5.32 Å². The molecule has 2 heteroatoms. The highest BCUT2D eigenvalue weighted by atomic mass is 16.1. The molecule has 1 rings (SSSR count). The van der Waals surface area contributed by atoms with Crippen LogP contribution >= 0.6 is 0 Å². The van der Waals surface area contributed by atoms with Crippen LogP contribution in [0.25, 0.3) is 0 Å². The number of benzene rings is 1. The fourth-order valence-electron chi connectivity index (χ4n) is 1.34. The molecule has 13 heavy (non-hydrogen) atoms. The van der Waals surface area contributed by atoms with E-state index in [1.807, 2.05) is 44.3 Å². The minimum atomic E-state index is -0.0498. The number of aldehydes is 1. The van der Waals surface area contributed by atoms with Crippen molar-refractivity contribution < 1.29 is 4.79 Å². The molecule has 2 atom stereocenters. The highest BCUT2D eigenvalue weighted by Gasteiger charge is 2.15. The van der Waals surface area contributed by atoms with E-state index in [1.165, 1.54) is 0 Å². The Hall–Kier alpha value is -1.15. The summed E-state index contributed by atoms with van der Waals surface area (Å²) in [6.07, 6.45) is 0.997. The van der Waals surface area contributed by atoms with Crippen LogP contribution in [-0.2, 0) is 4.79 Å². The number of nitrogens with one attached hydrogen (secondary N) is 1. The van der Waals surface area contributed by atoms with Crippen LogP contribution in [0.4, 0.5) is 0 Å². The lowest BCUT2D eigenvalue weighted by atomic mass is 9.94. The number of hydrogen-bond donors (Lipinski definition) is 1. The predicted molar refractivity (Wildman–Crippen MR) is 53.8 cm³/mol. The smallest absolute Gasteiger partial charge is 0.129 e. The van der Waals surface area contributed by atoms with E-state index in [2.05, 4.69) is 5.32 Å². The number of likely N-dealkylation sites (N-methyl/N-ethyl adjacent to an activating group) is 1. The molecule has 0 heterocycles.